The second kappa shape index (κ2) is 6.28. The van der Waals surface area contributed by atoms with Gasteiger partial charge in [-0.15, -0.1) is 11.6 Å². The van der Waals surface area contributed by atoms with Gasteiger partial charge in [0.2, 0.25) is 0 Å². The van der Waals surface area contributed by atoms with Gasteiger partial charge in [0, 0.05) is 11.6 Å². The number of carbonyl (C=O) groups excluding carboxylic acids is 1. The van der Waals surface area contributed by atoms with Gasteiger partial charge in [0.25, 0.3) is 0 Å². The average Bonchev–Trinajstić information content (AvgIpc) is 2.36. The van der Waals surface area contributed by atoms with E-state index in [-0.39, 0.29) is 5.56 Å². The first-order valence-corrected chi connectivity index (χ1v) is 7.00. The van der Waals surface area contributed by atoms with Crippen molar-refractivity contribution in [3.63, 3.8) is 0 Å². The minimum Gasteiger partial charge on any atom is -0.459 e. The molecule has 0 aliphatic rings. The molecule has 0 heterocycles. The van der Waals surface area contributed by atoms with Crippen molar-refractivity contribution in [1.29, 1.82) is 0 Å². The molecule has 1 aromatic carbocycles. The van der Waals surface area contributed by atoms with E-state index in [1.165, 1.54) is 6.92 Å². The molecule has 0 radical (unpaired) electrons. The minimum atomic E-state index is -1.94. The number of carbonyl (C=O) groups is 1. The molecular formula is C15H19ClF2O3. The molecule has 0 amide bonds. The van der Waals surface area contributed by atoms with E-state index in [1.807, 2.05) is 0 Å². The SMILES string of the molecule is C[C@@H](OC(=O)C(C)(C)C)C(O)(CCl)c1ccc(F)cc1F. The molecular weight excluding hydrogens is 302 g/mol. The van der Waals surface area contributed by atoms with Crippen molar-refractivity contribution < 1.29 is 23.4 Å². The Kier molecular flexibility index (Phi) is 5.34. The van der Waals surface area contributed by atoms with Crippen LogP contribution in [0.2, 0.25) is 0 Å². The molecule has 0 aliphatic heterocycles. The summed E-state index contributed by atoms with van der Waals surface area (Å²) in [6.07, 6.45) is -1.10. The number of hydrogen-bond acceptors (Lipinski definition) is 3. The van der Waals surface area contributed by atoms with Gasteiger partial charge >= 0.3 is 5.97 Å². The van der Waals surface area contributed by atoms with Crippen molar-refractivity contribution in [2.24, 2.45) is 5.41 Å². The van der Waals surface area contributed by atoms with Crippen LogP contribution in [-0.4, -0.2) is 23.1 Å². The Morgan fingerprint density at radius 3 is 2.38 bits per heavy atom. The molecule has 118 valence electrons. The average molecular weight is 321 g/mol. The molecule has 6 heteroatoms. The summed E-state index contributed by atoms with van der Waals surface area (Å²) < 4.78 is 32.0. The van der Waals surface area contributed by atoms with Crippen LogP contribution in [0.1, 0.15) is 33.3 Å². The molecule has 0 spiro atoms. The van der Waals surface area contributed by atoms with Gasteiger partial charge in [0.15, 0.2) is 0 Å². The zero-order valence-corrected chi connectivity index (χ0v) is 13.2. The summed E-state index contributed by atoms with van der Waals surface area (Å²) in [7, 11) is 0. The number of hydrogen-bond donors (Lipinski definition) is 1. The molecule has 0 saturated heterocycles. The largest absolute Gasteiger partial charge is 0.459 e. The highest BCUT2D eigenvalue weighted by Gasteiger charge is 2.41. The lowest BCUT2D eigenvalue weighted by molar-refractivity contribution is -0.171. The summed E-state index contributed by atoms with van der Waals surface area (Å²) in [4.78, 5) is 11.9. The van der Waals surface area contributed by atoms with Crippen LogP contribution in [0.5, 0.6) is 0 Å². The zero-order chi connectivity index (χ0) is 16.4. The Hall–Kier alpha value is -1.20. The fourth-order valence-electron chi connectivity index (χ4n) is 1.68. The molecule has 0 aromatic heterocycles. The molecule has 2 atom stereocenters. The fourth-order valence-corrected chi connectivity index (χ4v) is 2.04. The monoisotopic (exact) mass is 320 g/mol. The van der Waals surface area contributed by atoms with Gasteiger partial charge < -0.3 is 9.84 Å². The molecule has 0 saturated carbocycles. The Bertz CT molecular complexity index is 528. The first-order chi connectivity index (χ1) is 9.52. The van der Waals surface area contributed by atoms with E-state index in [2.05, 4.69) is 0 Å². The Morgan fingerprint density at radius 2 is 1.95 bits per heavy atom. The lowest BCUT2D eigenvalue weighted by Gasteiger charge is -2.34. The van der Waals surface area contributed by atoms with E-state index < -0.39 is 40.6 Å². The second-order valence-electron chi connectivity index (χ2n) is 5.98. The normalized spacial score (nSPS) is 16.2. The fraction of sp³-hybridized carbons (Fsp3) is 0.533. The van der Waals surface area contributed by atoms with Crippen molar-refractivity contribution in [3.05, 3.63) is 35.4 Å². The predicted molar refractivity (Wildman–Crippen MR) is 76.0 cm³/mol. The Morgan fingerprint density at radius 1 is 1.38 bits per heavy atom. The van der Waals surface area contributed by atoms with Crippen molar-refractivity contribution in [1.82, 2.24) is 0 Å². The number of aliphatic hydroxyl groups is 1. The zero-order valence-electron chi connectivity index (χ0n) is 12.4. The van der Waals surface area contributed by atoms with Gasteiger partial charge in [-0.05, 0) is 33.8 Å². The van der Waals surface area contributed by atoms with Crippen LogP contribution in [0.15, 0.2) is 18.2 Å². The lowest BCUT2D eigenvalue weighted by Crippen LogP contribution is -2.44. The van der Waals surface area contributed by atoms with E-state index in [0.717, 1.165) is 12.1 Å². The maximum Gasteiger partial charge on any atom is 0.311 e. The maximum atomic E-state index is 13.9. The van der Waals surface area contributed by atoms with E-state index in [9.17, 15) is 18.7 Å². The predicted octanol–water partition coefficient (Wildman–Crippen LogP) is 3.37. The van der Waals surface area contributed by atoms with E-state index in [1.54, 1.807) is 20.8 Å². The molecule has 1 aromatic rings. The van der Waals surface area contributed by atoms with Crippen molar-refractivity contribution in [3.8, 4) is 0 Å². The highest BCUT2D eigenvalue weighted by atomic mass is 35.5. The molecule has 0 bridgehead atoms. The van der Waals surface area contributed by atoms with E-state index >= 15 is 0 Å². The number of alkyl halides is 1. The Labute approximate surface area is 127 Å². The smallest absolute Gasteiger partial charge is 0.311 e. The highest BCUT2D eigenvalue weighted by Crippen LogP contribution is 2.32. The van der Waals surface area contributed by atoms with Crippen LogP contribution in [0.3, 0.4) is 0 Å². The van der Waals surface area contributed by atoms with Gasteiger partial charge in [-0.25, -0.2) is 8.78 Å². The third-order valence-corrected chi connectivity index (χ3v) is 3.58. The number of esters is 1. The molecule has 1 unspecified atom stereocenters. The van der Waals surface area contributed by atoms with Crippen LogP contribution in [0.25, 0.3) is 0 Å². The minimum absolute atomic E-state index is 0.215. The molecule has 3 nitrogen and oxygen atoms in total. The standard InChI is InChI=1S/C15H19ClF2O3/c1-9(21-13(19)14(2,3)4)15(20,8-16)11-6-5-10(17)7-12(11)18/h5-7,9,20H,8H2,1-4H3/t9-,15?/m1/s1. The third-order valence-electron chi connectivity index (χ3n) is 3.17. The third kappa shape index (κ3) is 3.92. The summed E-state index contributed by atoms with van der Waals surface area (Å²) in [5, 5.41) is 10.6. The molecule has 1 rings (SSSR count). The van der Waals surface area contributed by atoms with Crippen LogP contribution < -0.4 is 0 Å². The summed E-state index contributed by atoms with van der Waals surface area (Å²) >= 11 is 5.75. The summed E-state index contributed by atoms with van der Waals surface area (Å²) in [5.74, 6) is -2.68. The summed E-state index contributed by atoms with van der Waals surface area (Å²) in [6.45, 7) is 6.37. The van der Waals surface area contributed by atoms with Crippen LogP contribution in [-0.2, 0) is 15.1 Å². The summed E-state index contributed by atoms with van der Waals surface area (Å²) in [6, 6.07) is 2.74. The van der Waals surface area contributed by atoms with Crippen molar-refractivity contribution in [2.75, 3.05) is 5.88 Å². The number of ether oxygens (including phenoxy) is 1. The maximum absolute atomic E-state index is 13.9. The van der Waals surface area contributed by atoms with E-state index in [0.29, 0.717) is 6.07 Å². The van der Waals surface area contributed by atoms with Crippen molar-refractivity contribution >= 4 is 17.6 Å². The quantitative estimate of drug-likeness (QED) is 0.683. The van der Waals surface area contributed by atoms with Gasteiger partial charge in [-0.1, -0.05) is 6.07 Å². The van der Waals surface area contributed by atoms with Gasteiger partial charge in [-0.2, -0.15) is 0 Å². The topological polar surface area (TPSA) is 46.5 Å². The second-order valence-corrected chi connectivity index (χ2v) is 6.25. The van der Waals surface area contributed by atoms with Gasteiger partial charge in [0.1, 0.15) is 23.3 Å². The molecule has 0 aliphatic carbocycles. The summed E-state index contributed by atoms with van der Waals surface area (Å²) in [5.41, 5.74) is -2.93. The van der Waals surface area contributed by atoms with Crippen LogP contribution in [0, 0.1) is 17.0 Å². The lowest BCUT2D eigenvalue weighted by atomic mass is 9.89. The molecule has 0 fully saturated rings. The number of benzene rings is 1. The molecule has 1 N–H and O–H groups in total. The van der Waals surface area contributed by atoms with Gasteiger partial charge in [0.05, 0.1) is 11.3 Å². The van der Waals surface area contributed by atoms with Crippen molar-refractivity contribution in [2.45, 2.75) is 39.4 Å². The van der Waals surface area contributed by atoms with E-state index in [4.69, 9.17) is 16.3 Å². The number of halogens is 3. The molecule has 21 heavy (non-hydrogen) atoms. The first kappa shape index (κ1) is 17.9. The van der Waals surface area contributed by atoms with Crippen LogP contribution in [0.4, 0.5) is 8.78 Å². The van der Waals surface area contributed by atoms with Gasteiger partial charge in [-0.3, -0.25) is 4.79 Å². The number of rotatable bonds is 4. The van der Waals surface area contributed by atoms with Crippen LogP contribution >= 0.6 is 11.6 Å². The first-order valence-electron chi connectivity index (χ1n) is 6.47. The highest BCUT2D eigenvalue weighted by molar-refractivity contribution is 6.18. The Balaban J connectivity index is 3.11.